The summed E-state index contributed by atoms with van der Waals surface area (Å²) >= 11 is 5.26. The molecule has 1 aromatic rings. The average Bonchev–Trinajstić information content (AvgIpc) is 2.19. The molecule has 4 nitrogen and oxygen atoms in total. The van der Waals surface area contributed by atoms with E-state index in [0.29, 0.717) is 0 Å². The van der Waals surface area contributed by atoms with Crippen LogP contribution < -0.4 is 5.32 Å². The van der Waals surface area contributed by atoms with Gasteiger partial charge in [0.05, 0.1) is 0 Å². The molecule has 0 saturated carbocycles. The Labute approximate surface area is 97.6 Å². The maximum atomic E-state index is 12.8. The smallest absolute Gasteiger partial charge is 0.325 e. The number of aryl methyl sites for hydroxylation is 1. The SMILES string of the molecule is Cc1ccc(NC(=O)CCl)cc1S(=O)(=O)F. The molecule has 1 N–H and O–H groups in total. The Morgan fingerprint density at radius 1 is 1.50 bits per heavy atom. The lowest BCUT2D eigenvalue weighted by atomic mass is 10.2. The maximum Gasteiger partial charge on any atom is 0.332 e. The van der Waals surface area contributed by atoms with Gasteiger partial charge in [-0.15, -0.1) is 15.5 Å². The van der Waals surface area contributed by atoms with Crippen molar-refractivity contribution < 1.29 is 17.1 Å². The fourth-order valence-electron chi connectivity index (χ4n) is 1.13. The third-order valence-corrected chi connectivity index (χ3v) is 3.06. The molecule has 16 heavy (non-hydrogen) atoms. The summed E-state index contributed by atoms with van der Waals surface area (Å²) < 4.78 is 34.3. The van der Waals surface area contributed by atoms with Gasteiger partial charge in [0.1, 0.15) is 10.8 Å². The number of rotatable bonds is 3. The number of alkyl halides is 1. The Kier molecular flexibility index (Phi) is 3.88. The highest BCUT2D eigenvalue weighted by Crippen LogP contribution is 2.21. The van der Waals surface area contributed by atoms with Crippen LogP contribution in [-0.2, 0) is 15.0 Å². The molecule has 0 saturated heterocycles. The lowest BCUT2D eigenvalue weighted by molar-refractivity contribution is -0.113. The molecule has 0 heterocycles. The van der Waals surface area contributed by atoms with Crippen LogP contribution in [-0.4, -0.2) is 20.2 Å². The van der Waals surface area contributed by atoms with Gasteiger partial charge in [-0.1, -0.05) is 6.07 Å². The van der Waals surface area contributed by atoms with Gasteiger partial charge < -0.3 is 5.32 Å². The zero-order chi connectivity index (χ0) is 12.3. The molecule has 0 radical (unpaired) electrons. The topological polar surface area (TPSA) is 63.2 Å². The molecule has 0 spiro atoms. The van der Waals surface area contributed by atoms with Crippen LogP contribution in [0.3, 0.4) is 0 Å². The van der Waals surface area contributed by atoms with Crippen molar-refractivity contribution in [3.63, 3.8) is 0 Å². The zero-order valence-corrected chi connectivity index (χ0v) is 9.90. The molecule has 88 valence electrons. The van der Waals surface area contributed by atoms with Crippen LogP contribution >= 0.6 is 11.6 Å². The summed E-state index contributed by atoms with van der Waals surface area (Å²) in [7, 11) is -4.78. The van der Waals surface area contributed by atoms with Gasteiger partial charge in [-0.3, -0.25) is 4.79 Å². The number of carbonyl (C=O) groups is 1. The van der Waals surface area contributed by atoms with Crippen LogP contribution in [0, 0.1) is 6.92 Å². The van der Waals surface area contributed by atoms with Gasteiger partial charge in [-0.2, -0.15) is 8.42 Å². The highest BCUT2D eigenvalue weighted by atomic mass is 35.5. The number of anilines is 1. The molecule has 0 fully saturated rings. The molecule has 7 heteroatoms. The lowest BCUT2D eigenvalue weighted by Gasteiger charge is -2.06. The molecule has 0 aliphatic carbocycles. The minimum absolute atomic E-state index is 0.187. The van der Waals surface area contributed by atoms with Crippen molar-refractivity contribution in [2.24, 2.45) is 0 Å². The van der Waals surface area contributed by atoms with Crippen molar-refractivity contribution in [1.29, 1.82) is 0 Å². The van der Waals surface area contributed by atoms with Gasteiger partial charge in [0.2, 0.25) is 5.91 Å². The van der Waals surface area contributed by atoms with Gasteiger partial charge >= 0.3 is 10.2 Å². The Balaban J connectivity index is 3.13. The Hall–Kier alpha value is -1.14. The van der Waals surface area contributed by atoms with Crippen LogP contribution in [0.15, 0.2) is 23.1 Å². The van der Waals surface area contributed by atoms with E-state index < -0.39 is 21.0 Å². The van der Waals surface area contributed by atoms with E-state index in [-0.39, 0.29) is 17.1 Å². The quantitative estimate of drug-likeness (QED) is 0.670. The predicted molar refractivity (Wildman–Crippen MR) is 58.8 cm³/mol. The second-order valence-corrected chi connectivity index (χ2v) is 4.68. The molecule has 0 unspecified atom stereocenters. The minimum Gasteiger partial charge on any atom is -0.325 e. The summed E-state index contributed by atoms with van der Waals surface area (Å²) in [6.45, 7) is 1.46. The van der Waals surface area contributed by atoms with Gasteiger partial charge in [-0.25, -0.2) is 0 Å². The third kappa shape index (κ3) is 3.18. The summed E-state index contributed by atoms with van der Waals surface area (Å²) in [6, 6.07) is 3.92. The van der Waals surface area contributed by atoms with E-state index >= 15 is 0 Å². The van der Waals surface area contributed by atoms with E-state index in [1.54, 1.807) is 0 Å². The molecule has 1 amide bonds. The molecule has 0 bridgehead atoms. The number of halogens is 2. The van der Waals surface area contributed by atoms with E-state index in [0.717, 1.165) is 6.07 Å². The number of carbonyl (C=O) groups excluding carboxylic acids is 1. The summed E-state index contributed by atoms with van der Waals surface area (Å²) in [5.74, 6) is -0.751. The van der Waals surface area contributed by atoms with Crippen LogP contribution in [0.2, 0.25) is 0 Å². The predicted octanol–water partition coefficient (Wildman–Crippen LogP) is 1.83. The summed E-state index contributed by atoms with van der Waals surface area (Å²) in [4.78, 5) is 10.5. The van der Waals surface area contributed by atoms with Crippen LogP contribution in [0.25, 0.3) is 0 Å². The Morgan fingerprint density at radius 2 is 2.12 bits per heavy atom. The Morgan fingerprint density at radius 3 is 2.62 bits per heavy atom. The first-order chi connectivity index (χ1) is 7.34. The van der Waals surface area contributed by atoms with Crippen LogP contribution in [0.4, 0.5) is 9.57 Å². The molecule has 0 aliphatic heterocycles. The fraction of sp³-hybridized carbons (Fsp3) is 0.222. The highest BCUT2D eigenvalue weighted by molar-refractivity contribution is 7.86. The second-order valence-electron chi connectivity index (χ2n) is 3.10. The van der Waals surface area contributed by atoms with Crippen molar-refractivity contribution >= 4 is 33.4 Å². The largest absolute Gasteiger partial charge is 0.332 e. The molecule has 0 aromatic heterocycles. The first-order valence-corrected chi connectivity index (χ1v) is 6.17. The lowest BCUT2D eigenvalue weighted by Crippen LogP contribution is -2.13. The molecule has 1 rings (SSSR count). The van der Waals surface area contributed by atoms with Gasteiger partial charge in [-0.05, 0) is 24.6 Å². The second kappa shape index (κ2) is 4.80. The zero-order valence-electron chi connectivity index (χ0n) is 8.33. The van der Waals surface area contributed by atoms with E-state index in [1.807, 2.05) is 0 Å². The third-order valence-electron chi connectivity index (χ3n) is 1.86. The van der Waals surface area contributed by atoms with Crippen LogP contribution in [0.1, 0.15) is 5.56 Å². The van der Waals surface area contributed by atoms with E-state index in [2.05, 4.69) is 5.32 Å². The van der Waals surface area contributed by atoms with E-state index in [4.69, 9.17) is 11.6 Å². The number of benzene rings is 1. The first-order valence-electron chi connectivity index (χ1n) is 4.25. The van der Waals surface area contributed by atoms with Crippen molar-refractivity contribution in [3.05, 3.63) is 23.8 Å². The fourth-order valence-corrected chi connectivity index (χ4v) is 1.92. The van der Waals surface area contributed by atoms with Gasteiger partial charge in [0.25, 0.3) is 0 Å². The minimum atomic E-state index is -4.78. The molecular formula is C9H9ClFNO3S. The van der Waals surface area contributed by atoms with Crippen molar-refractivity contribution in [2.45, 2.75) is 11.8 Å². The van der Waals surface area contributed by atoms with Crippen molar-refractivity contribution in [1.82, 2.24) is 0 Å². The summed E-state index contributed by atoms with van der Waals surface area (Å²) in [5, 5.41) is 2.33. The summed E-state index contributed by atoms with van der Waals surface area (Å²) in [5.41, 5.74) is 0.457. The monoisotopic (exact) mass is 265 g/mol. The molecule has 1 aromatic carbocycles. The van der Waals surface area contributed by atoms with Gasteiger partial charge in [0, 0.05) is 5.69 Å². The van der Waals surface area contributed by atoms with Crippen molar-refractivity contribution in [3.8, 4) is 0 Å². The van der Waals surface area contributed by atoms with Crippen LogP contribution in [0.5, 0.6) is 0 Å². The molecule has 0 aliphatic rings. The number of amides is 1. The average molecular weight is 266 g/mol. The number of hydrogen-bond donors (Lipinski definition) is 1. The number of nitrogens with one attached hydrogen (secondary N) is 1. The van der Waals surface area contributed by atoms with Crippen molar-refractivity contribution in [2.75, 3.05) is 11.2 Å². The highest BCUT2D eigenvalue weighted by Gasteiger charge is 2.16. The Bertz CT molecular complexity index is 515. The molecule has 0 atom stereocenters. The maximum absolute atomic E-state index is 12.8. The first kappa shape index (κ1) is 12.9. The molecular weight excluding hydrogens is 257 g/mol. The standard InChI is InChI=1S/C9H9ClFNO3S/c1-6-2-3-7(12-9(13)5-10)4-8(6)16(11,14)15/h2-4H,5H2,1H3,(H,12,13). The van der Waals surface area contributed by atoms with Gasteiger partial charge in [0.15, 0.2) is 0 Å². The summed E-state index contributed by atoms with van der Waals surface area (Å²) in [6.07, 6.45) is 0. The normalized spacial score (nSPS) is 11.2. The van der Waals surface area contributed by atoms with E-state index in [9.17, 15) is 17.1 Å². The van der Waals surface area contributed by atoms with E-state index in [1.165, 1.54) is 19.1 Å². The number of hydrogen-bond acceptors (Lipinski definition) is 3.